The number of ether oxygens (including phenoxy) is 4. The molecule has 8 atom stereocenters. The van der Waals surface area contributed by atoms with Crippen LogP contribution in [0.5, 0.6) is 17.2 Å². The molecule has 0 unspecified atom stereocenters. The van der Waals surface area contributed by atoms with Gasteiger partial charge in [-0.05, 0) is 44.5 Å². The molecule has 0 aliphatic carbocycles. The number of phenolic OH excluding ortho intramolecular Hbond substituents is 2. The van der Waals surface area contributed by atoms with Crippen molar-refractivity contribution in [2.75, 3.05) is 19.5 Å². The maximum absolute atomic E-state index is 14.2. The van der Waals surface area contributed by atoms with Crippen LogP contribution in [0, 0.1) is 37.5 Å². The molecule has 0 saturated heterocycles. The van der Waals surface area contributed by atoms with Crippen molar-refractivity contribution in [2.24, 2.45) is 23.7 Å². The molecule has 4 aromatic rings. The van der Waals surface area contributed by atoms with Gasteiger partial charge in [0.05, 0.1) is 37.1 Å². The normalized spacial score (nSPS) is 27.8. The largest absolute Gasteiger partial charge is 0.507 e. The number of aryl methyl sites for hydroxylation is 1. The van der Waals surface area contributed by atoms with Crippen molar-refractivity contribution in [3.63, 3.8) is 0 Å². The molecule has 0 saturated carbocycles. The Kier molecular flexibility index (Phi) is 12.5. The second-order valence-corrected chi connectivity index (χ2v) is 14.7. The van der Waals surface area contributed by atoms with Crippen molar-refractivity contribution in [1.29, 1.82) is 0 Å². The fraction of sp³-hybridized carbons (Fsp3) is 0.429. The number of aromatic nitrogens is 2. The number of aliphatic hydroxyl groups excluding tert-OH is 2. The average molecular weight is 774 g/mol. The molecule has 2 aromatic heterocycles. The Hall–Kier alpha value is -5.44. The number of methoxy groups -OCH3 is 2. The lowest BCUT2D eigenvalue weighted by Gasteiger charge is -2.38. The molecule has 1 aliphatic rings. The van der Waals surface area contributed by atoms with Gasteiger partial charge in [0.15, 0.2) is 5.75 Å². The number of rotatable bonds is 3. The van der Waals surface area contributed by atoms with E-state index in [-0.39, 0.29) is 49.9 Å². The molecule has 1 amide bonds. The number of carbonyl (C=O) groups is 3. The number of hydrogen-bond donors (Lipinski definition) is 5. The van der Waals surface area contributed by atoms with E-state index in [1.807, 2.05) is 13.0 Å². The number of benzene rings is 2. The monoisotopic (exact) mass is 773 g/mol. The molecule has 2 aromatic carbocycles. The van der Waals surface area contributed by atoms with E-state index in [1.54, 1.807) is 69.5 Å². The number of amides is 1. The third kappa shape index (κ3) is 7.68. The molecule has 5 rings (SSSR count). The Morgan fingerprint density at radius 2 is 1.64 bits per heavy atom. The maximum Gasteiger partial charge on any atom is 0.347 e. The highest BCUT2D eigenvalue weighted by molar-refractivity contribution is 6.26. The van der Waals surface area contributed by atoms with Gasteiger partial charge in [-0.1, -0.05) is 45.9 Å². The quantitative estimate of drug-likeness (QED) is 0.120. The summed E-state index contributed by atoms with van der Waals surface area (Å²) < 4.78 is 24.5. The van der Waals surface area contributed by atoms with Crippen molar-refractivity contribution >= 4 is 51.0 Å². The van der Waals surface area contributed by atoms with E-state index in [4.69, 9.17) is 23.9 Å². The van der Waals surface area contributed by atoms with Gasteiger partial charge in [-0.3, -0.25) is 14.0 Å². The minimum atomic E-state index is -1.12. The summed E-state index contributed by atoms with van der Waals surface area (Å²) >= 11 is 0. The highest BCUT2D eigenvalue weighted by Gasteiger charge is 2.39. The lowest BCUT2D eigenvalue weighted by molar-refractivity contribution is -0.160. The number of allylic oxidation sites excluding steroid dienone is 2. The van der Waals surface area contributed by atoms with Gasteiger partial charge >= 0.3 is 11.9 Å². The Labute approximate surface area is 325 Å². The maximum atomic E-state index is 14.2. The zero-order chi connectivity index (χ0) is 41.3. The number of phenols is 2. The molecule has 0 radical (unpaired) electrons. The number of fused-ring (bicyclic) bond motifs is 1. The van der Waals surface area contributed by atoms with Gasteiger partial charge in [0.25, 0.3) is 5.91 Å². The standard InChI is InChI=1S/C42H51N3O11/c1-19-14-16-45-28(18-19)43-32-29-30-37(49)25(7)40(54-10)31(29)42(52)55-17-15-27(53-9)22(4)39(56-26(8)46)24(6)36(48)23(5)35(47)20(2)12-11-13-21(3)41(51)44-33(34(32)45)38(30)50/h11-18,20,22-24,27,35-36,39,47-50H,1-10H3,(H,44,51)/b12-11+,17-15+,21-13-/t20-,22+,23+,24+,27-,35-,36+,39+/m0/s1. The first kappa shape index (κ1) is 41.7. The molecule has 1 aliphatic heterocycles. The van der Waals surface area contributed by atoms with Crippen molar-refractivity contribution in [3.8, 4) is 17.2 Å². The number of imidazole rings is 1. The molecule has 5 N–H and O–H groups in total. The third-order valence-electron chi connectivity index (χ3n) is 10.9. The SMILES string of the molecule is COc1c(C)c(O)c2c(O)c3c4c(nc5cc(C)ccn54)c2c1C(=O)O/C=C/[C@H](OC)[C@@H](C)[C@@H](OC(C)=O)[C@H](C)[C@H](O)[C@H](C)[C@@H](O)[C@@H](C)/C=C/C=C(/C)C(=O)N3. The topological polar surface area (TPSA) is 198 Å². The molecular weight excluding hydrogens is 722 g/mol. The Balaban J connectivity index is 1.80. The van der Waals surface area contributed by atoms with Gasteiger partial charge in [0.1, 0.15) is 45.5 Å². The van der Waals surface area contributed by atoms with Crippen molar-refractivity contribution in [1.82, 2.24) is 9.38 Å². The second kappa shape index (κ2) is 16.7. The first-order valence-corrected chi connectivity index (χ1v) is 18.4. The minimum Gasteiger partial charge on any atom is -0.507 e. The summed E-state index contributed by atoms with van der Waals surface area (Å²) in [6.45, 7) is 13.2. The number of nitrogens with one attached hydrogen (secondary N) is 1. The van der Waals surface area contributed by atoms with Crippen LogP contribution in [0.4, 0.5) is 5.69 Å². The number of pyridine rings is 1. The summed E-state index contributed by atoms with van der Waals surface area (Å²) in [7, 11) is 2.76. The predicted molar refractivity (Wildman–Crippen MR) is 211 cm³/mol. The van der Waals surface area contributed by atoms with E-state index in [1.165, 1.54) is 34.1 Å². The van der Waals surface area contributed by atoms with E-state index in [0.717, 1.165) is 11.8 Å². The fourth-order valence-electron chi connectivity index (χ4n) is 7.58. The van der Waals surface area contributed by atoms with Gasteiger partial charge < -0.3 is 44.7 Å². The van der Waals surface area contributed by atoms with Crippen LogP contribution in [0.15, 0.2) is 54.5 Å². The third-order valence-corrected chi connectivity index (χ3v) is 10.9. The number of nitrogens with zero attached hydrogens (tertiary/aromatic N) is 2. The highest BCUT2D eigenvalue weighted by atomic mass is 16.5. The number of esters is 2. The first-order chi connectivity index (χ1) is 26.4. The van der Waals surface area contributed by atoms with Crippen molar-refractivity contribution in [3.05, 3.63) is 71.2 Å². The van der Waals surface area contributed by atoms with Gasteiger partial charge in [0, 0.05) is 60.4 Å². The second-order valence-electron chi connectivity index (χ2n) is 14.7. The summed E-state index contributed by atoms with van der Waals surface area (Å²) in [6, 6.07) is 3.60. The van der Waals surface area contributed by atoms with Gasteiger partial charge in [0.2, 0.25) is 0 Å². The van der Waals surface area contributed by atoms with E-state index in [2.05, 4.69) is 5.32 Å². The van der Waals surface area contributed by atoms with E-state index in [9.17, 15) is 34.8 Å². The summed E-state index contributed by atoms with van der Waals surface area (Å²) in [5.74, 6) is -5.49. The van der Waals surface area contributed by atoms with Crippen LogP contribution in [0.25, 0.3) is 27.5 Å². The molecule has 300 valence electrons. The number of anilines is 1. The van der Waals surface area contributed by atoms with Crippen LogP contribution in [0.3, 0.4) is 0 Å². The summed E-state index contributed by atoms with van der Waals surface area (Å²) in [5, 5.41) is 49.0. The fourth-order valence-corrected chi connectivity index (χ4v) is 7.58. The molecule has 0 fully saturated rings. The molecule has 14 nitrogen and oxygen atoms in total. The number of aliphatic hydroxyl groups is 2. The number of carbonyl (C=O) groups excluding carboxylic acids is 3. The highest BCUT2D eigenvalue weighted by Crippen LogP contribution is 2.51. The van der Waals surface area contributed by atoms with Crippen molar-refractivity contribution in [2.45, 2.75) is 79.8 Å². The van der Waals surface area contributed by atoms with Crippen LogP contribution in [0.1, 0.15) is 63.0 Å². The van der Waals surface area contributed by atoms with Crippen molar-refractivity contribution < 1.29 is 53.8 Å². The smallest absolute Gasteiger partial charge is 0.347 e. The van der Waals surface area contributed by atoms with Crippen LogP contribution in [0.2, 0.25) is 0 Å². The molecule has 14 heteroatoms. The van der Waals surface area contributed by atoms with E-state index < -0.39 is 77.4 Å². The summed E-state index contributed by atoms with van der Waals surface area (Å²) in [5.41, 5.74) is 1.81. The predicted octanol–water partition coefficient (Wildman–Crippen LogP) is 6.02. The van der Waals surface area contributed by atoms with Gasteiger partial charge in [-0.2, -0.15) is 0 Å². The molecule has 56 heavy (non-hydrogen) atoms. The Morgan fingerprint density at radius 1 is 0.946 bits per heavy atom. The molecule has 0 spiro atoms. The van der Waals surface area contributed by atoms with Crippen LogP contribution < -0.4 is 10.1 Å². The Morgan fingerprint density at radius 3 is 2.29 bits per heavy atom. The number of cyclic esters (lactones) is 1. The van der Waals surface area contributed by atoms with Crippen LogP contribution in [-0.2, 0) is 23.8 Å². The van der Waals surface area contributed by atoms with Gasteiger partial charge in [-0.25, -0.2) is 9.78 Å². The molecule has 2 bridgehead atoms. The van der Waals surface area contributed by atoms with Gasteiger partial charge in [-0.15, -0.1) is 0 Å². The van der Waals surface area contributed by atoms with Crippen LogP contribution in [-0.4, -0.2) is 86.3 Å². The first-order valence-electron chi connectivity index (χ1n) is 18.4. The summed E-state index contributed by atoms with van der Waals surface area (Å²) in [4.78, 5) is 45.2. The molecular formula is C42H51N3O11. The average Bonchev–Trinajstić information content (AvgIpc) is 3.54. The Bertz CT molecular complexity index is 2270. The zero-order valence-corrected chi connectivity index (χ0v) is 33.3. The molecule has 3 heterocycles. The minimum absolute atomic E-state index is 0.0138. The summed E-state index contributed by atoms with van der Waals surface area (Å²) in [6.07, 6.45) is 5.31. The lowest BCUT2D eigenvalue weighted by atomic mass is 9.78. The zero-order valence-electron chi connectivity index (χ0n) is 33.3. The van der Waals surface area contributed by atoms with E-state index >= 15 is 0 Å². The van der Waals surface area contributed by atoms with Crippen LogP contribution >= 0.6 is 0 Å². The van der Waals surface area contributed by atoms with E-state index in [0.29, 0.717) is 5.65 Å². The number of hydrogen-bond acceptors (Lipinski definition) is 12. The number of aromatic hydroxyl groups is 2. The lowest BCUT2D eigenvalue weighted by Crippen LogP contribution is -2.46.